The Morgan fingerprint density at radius 1 is 1.19 bits per heavy atom. The molecule has 0 bridgehead atoms. The number of ether oxygens (including phenoxy) is 1. The van der Waals surface area contributed by atoms with Crippen molar-refractivity contribution >= 4 is 11.6 Å². The number of hydrogen-bond acceptors (Lipinski definition) is 3. The van der Waals surface area contributed by atoms with Crippen LogP contribution in [-0.4, -0.2) is 21.6 Å². The lowest BCUT2D eigenvalue weighted by molar-refractivity contribution is -0.122. The highest BCUT2D eigenvalue weighted by atomic mass is 16.5. The smallest absolute Gasteiger partial charge is 0.265 e. The van der Waals surface area contributed by atoms with E-state index in [1.807, 2.05) is 60.8 Å². The second-order valence-electron chi connectivity index (χ2n) is 6.46. The van der Waals surface area contributed by atoms with E-state index in [9.17, 15) is 4.79 Å². The van der Waals surface area contributed by atoms with Crippen molar-refractivity contribution in [1.29, 1.82) is 0 Å². The van der Waals surface area contributed by atoms with Gasteiger partial charge in [0, 0.05) is 24.2 Å². The third-order valence-corrected chi connectivity index (χ3v) is 4.57. The van der Waals surface area contributed by atoms with Crippen LogP contribution >= 0.6 is 0 Å². The molecule has 0 spiro atoms. The molecule has 0 aliphatic carbocycles. The number of aromatic nitrogens is 2. The van der Waals surface area contributed by atoms with E-state index in [2.05, 4.69) is 14.9 Å². The Kier molecular flexibility index (Phi) is 4.44. The van der Waals surface area contributed by atoms with Crippen LogP contribution in [0.3, 0.4) is 0 Å². The molecule has 0 fully saturated rings. The molecule has 0 saturated heterocycles. The van der Waals surface area contributed by atoms with E-state index in [0.717, 1.165) is 42.2 Å². The topological polar surface area (TPSA) is 56.1 Å². The summed E-state index contributed by atoms with van der Waals surface area (Å²) in [4.78, 5) is 16.9. The van der Waals surface area contributed by atoms with Crippen LogP contribution < -0.4 is 10.1 Å². The number of carbonyl (C=O) groups is 1. The van der Waals surface area contributed by atoms with Gasteiger partial charge in [-0.15, -0.1) is 0 Å². The Labute approximate surface area is 152 Å². The summed E-state index contributed by atoms with van der Waals surface area (Å²) in [5, 5.41) is 2.94. The van der Waals surface area contributed by atoms with Gasteiger partial charge in [-0.05, 0) is 37.6 Å². The molecular weight excluding hydrogens is 326 g/mol. The van der Waals surface area contributed by atoms with E-state index in [1.54, 1.807) is 6.92 Å². The Bertz CT molecular complexity index is 918. The van der Waals surface area contributed by atoms with Gasteiger partial charge in [0.1, 0.15) is 11.6 Å². The summed E-state index contributed by atoms with van der Waals surface area (Å²) < 4.78 is 7.94. The molecule has 3 aromatic rings. The number of anilines is 1. The second kappa shape index (κ2) is 7.04. The standard InChI is InChI=1S/C21H21N3O2/c1-15(26-18-9-3-2-4-10-18)21(25)23-17-8-5-7-16(13-17)19-14-22-20-11-6-12-24(19)20/h2-5,7-10,13-15H,6,11-12H2,1H3,(H,23,25)/t15-/m1/s1. The molecule has 1 amide bonds. The van der Waals surface area contributed by atoms with Gasteiger partial charge in [0.2, 0.25) is 0 Å². The average Bonchev–Trinajstić information content (AvgIpc) is 3.26. The number of amides is 1. The van der Waals surface area contributed by atoms with Gasteiger partial charge in [0.05, 0.1) is 11.9 Å². The van der Waals surface area contributed by atoms with Crippen molar-refractivity contribution in [2.75, 3.05) is 5.32 Å². The number of benzene rings is 2. The molecule has 2 heterocycles. The van der Waals surface area contributed by atoms with Gasteiger partial charge in [-0.1, -0.05) is 30.3 Å². The molecular formula is C21H21N3O2. The lowest BCUT2D eigenvalue weighted by atomic mass is 10.1. The van der Waals surface area contributed by atoms with Gasteiger partial charge in [-0.3, -0.25) is 4.79 Å². The Morgan fingerprint density at radius 2 is 2.04 bits per heavy atom. The highest BCUT2D eigenvalue weighted by molar-refractivity contribution is 5.94. The third-order valence-electron chi connectivity index (χ3n) is 4.57. The van der Waals surface area contributed by atoms with Crippen LogP contribution in [0.5, 0.6) is 5.75 Å². The second-order valence-corrected chi connectivity index (χ2v) is 6.46. The van der Waals surface area contributed by atoms with Crippen LogP contribution in [0.25, 0.3) is 11.3 Å². The first-order chi connectivity index (χ1) is 12.7. The molecule has 1 N–H and O–H groups in total. The quantitative estimate of drug-likeness (QED) is 0.761. The minimum Gasteiger partial charge on any atom is -0.481 e. The van der Waals surface area contributed by atoms with Crippen molar-refractivity contribution in [3.63, 3.8) is 0 Å². The monoisotopic (exact) mass is 347 g/mol. The van der Waals surface area contributed by atoms with Gasteiger partial charge in [-0.2, -0.15) is 0 Å². The van der Waals surface area contributed by atoms with E-state index in [1.165, 1.54) is 0 Å². The zero-order valence-corrected chi connectivity index (χ0v) is 14.7. The summed E-state index contributed by atoms with van der Waals surface area (Å²) >= 11 is 0. The normalized spacial score (nSPS) is 13.9. The number of hydrogen-bond donors (Lipinski definition) is 1. The molecule has 132 valence electrons. The summed E-state index contributed by atoms with van der Waals surface area (Å²) in [6.07, 6.45) is 3.50. The summed E-state index contributed by atoms with van der Waals surface area (Å²) in [6.45, 7) is 2.75. The highest BCUT2D eigenvalue weighted by Crippen LogP contribution is 2.27. The summed E-state index contributed by atoms with van der Waals surface area (Å²) in [5.74, 6) is 1.64. The number of nitrogens with one attached hydrogen (secondary N) is 1. The van der Waals surface area contributed by atoms with Gasteiger partial charge >= 0.3 is 0 Å². The molecule has 1 aliphatic heterocycles. The first-order valence-corrected chi connectivity index (χ1v) is 8.88. The summed E-state index contributed by atoms with van der Waals surface area (Å²) in [7, 11) is 0. The fourth-order valence-corrected chi connectivity index (χ4v) is 3.25. The molecule has 0 radical (unpaired) electrons. The molecule has 1 aromatic heterocycles. The fraction of sp³-hybridized carbons (Fsp3) is 0.238. The van der Waals surface area contributed by atoms with Gasteiger partial charge < -0.3 is 14.6 Å². The lowest BCUT2D eigenvalue weighted by Gasteiger charge is -2.15. The van der Waals surface area contributed by atoms with Crippen molar-refractivity contribution < 1.29 is 9.53 Å². The van der Waals surface area contributed by atoms with Crippen molar-refractivity contribution in [3.8, 4) is 17.0 Å². The number of fused-ring (bicyclic) bond motifs is 1. The molecule has 4 rings (SSSR count). The van der Waals surface area contributed by atoms with Gasteiger partial charge in [0.15, 0.2) is 6.10 Å². The molecule has 0 unspecified atom stereocenters. The van der Waals surface area contributed by atoms with Crippen LogP contribution in [0.4, 0.5) is 5.69 Å². The maximum Gasteiger partial charge on any atom is 0.265 e. The largest absolute Gasteiger partial charge is 0.481 e. The molecule has 1 atom stereocenters. The molecule has 26 heavy (non-hydrogen) atoms. The maximum atomic E-state index is 12.4. The minimum absolute atomic E-state index is 0.176. The zero-order valence-electron chi connectivity index (χ0n) is 14.7. The van der Waals surface area contributed by atoms with E-state index in [-0.39, 0.29) is 5.91 Å². The zero-order chi connectivity index (χ0) is 17.9. The summed E-state index contributed by atoms with van der Waals surface area (Å²) in [6, 6.07) is 17.2. The van der Waals surface area contributed by atoms with E-state index < -0.39 is 6.10 Å². The maximum absolute atomic E-state index is 12.4. The van der Waals surface area contributed by atoms with Crippen molar-refractivity contribution in [3.05, 3.63) is 66.6 Å². The van der Waals surface area contributed by atoms with Crippen molar-refractivity contribution in [2.24, 2.45) is 0 Å². The number of carbonyl (C=O) groups excluding carboxylic acids is 1. The average molecular weight is 347 g/mol. The Balaban J connectivity index is 1.47. The van der Waals surface area contributed by atoms with Crippen molar-refractivity contribution in [2.45, 2.75) is 32.4 Å². The fourth-order valence-electron chi connectivity index (χ4n) is 3.25. The number of imidazole rings is 1. The van der Waals surface area contributed by atoms with E-state index in [0.29, 0.717) is 5.75 Å². The Morgan fingerprint density at radius 3 is 2.88 bits per heavy atom. The Hall–Kier alpha value is -3.08. The molecule has 0 saturated carbocycles. The minimum atomic E-state index is -0.583. The third kappa shape index (κ3) is 3.33. The van der Waals surface area contributed by atoms with Crippen LogP contribution in [0, 0.1) is 0 Å². The van der Waals surface area contributed by atoms with Crippen LogP contribution in [0.15, 0.2) is 60.8 Å². The number of nitrogens with zero attached hydrogens (tertiary/aromatic N) is 2. The molecule has 5 heteroatoms. The first kappa shape index (κ1) is 16.4. The van der Waals surface area contributed by atoms with E-state index >= 15 is 0 Å². The van der Waals surface area contributed by atoms with Crippen LogP contribution in [-0.2, 0) is 17.8 Å². The number of aryl methyl sites for hydroxylation is 1. The predicted octanol–water partition coefficient (Wildman–Crippen LogP) is 3.90. The van der Waals surface area contributed by atoms with Gasteiger partial charge in [0.25, 0.3) is 5.91 Å². The van der Waals surface area contributed by atoms with E-state index in [4.69, 9.17) is 4.74 Å². The SMILES string of the molecule is C[C@@H](Oc1ccccc1)C(=O)Nc1cccc(-c2cnc3n2CCC3)c1. The molecule has 5 nitrogen and oxygen atoms in total. The predicted molar refractivity (Wildman–Crippen MR) is 101 cm³/mol. The van der Waals surface area contributed by atoms with Crippen LogP contribution in [0.2, 0.25) is 0 Å². The van der Waals surface area contributed by atoms with Crippen LogP contribution in [0.1, 0.15) is 19.2 Å². The van der Waals surface area contributed by atoms with Gasteiger partial charge in [-0.25, -0.2) is 4.98 Å². The highest BCUT2D eigenvalue weighted by Gasteiger charge is 2.18. The molecule has 1 aliphatic rings. The first-order valence-electron chi connectivity index (χ1n) is 8.88. The lowest BCUT2D eigenvalue weighted by Crippen LogP contribution is -2.30. The molecule has 2 aromatic carbocycles. The number of para-hydroxylation sites is 1. The van der Waals surface area contributed by atoms with Crippen molar-refractivity contribution in [1.82, 2.24) is 9.55 Å². The summed E-state index contributed by atoms with van der Waals surface area (Å²) in [5.41, 5.74) is 2.91. The number of rotatable bonds is 5.